The molecule has 0 fully saturated rings. The van der Waals surface area contributed by atoms with Gasteiger partial charge in [0.15, 0.2) is 17.3 Å². The molecule has 0 unspecified atom stereocenters. The summed E-state index contributed by atoms with van der Waals surface area (Å²) in [4.78, 5) is 11.9. The Morgan fingerprint density at radius 2 is 1.80 bits per heavy atom. The molecule has 0 aliphatic heterocycles. The van der Waals surface area contributed by atoms with Crippen molar-refractivity contribution in [3.05, 3.63) is 64.2 Å². The molecule has 0 aromatic heterocycles. The van der Waals surface area contributed by atoms with E-state index in [1.165, 1.54) is 24.3 Å². The zero-order valence-corrected chi connectivity index (χ0v) is 11.6. The van der Waals surface area contributed by atoms with Crippen molar-refractivity contribution in [1.82, 2.24) is 0 Å². The van der Waals surface area contributed by atoms with E-state index in [9.17, 15) is 15.0 Å². The van der Waals surface area contributed by atoms with Gasteiger partial charge >= 0.3 is 0 Å². The number of rotatable bonds is 3. The molecule has 0 atom stereocenters. The second kappa shape index (κ2) is 5.80. The summed E-state index contributed by atoms with van der Waals surface area (Å²) in [6.45, 7) is 1.95. The summed E-state index contributed by atoms with van der Waals surface area (Å²) in [5.74, 6) is -0.831. The minimum Gasteiger partial charge on any atom is -0.504 e. The van der Waals surface area contributed by atoms with Crippen molar-refractivity contribution in [2.45, 2.75) is 6.92 Å². The summed E-state index contributed by atoms with van der Waals surface area (Å²) in [6, 6.07) is 10.0. The molecule has 0 bridgehead atoms. The zero-order chi connectivity index (χ0) is 14.7. The van der Waals surface area contributed by atoms with Gasteiger partial charge in [-0.3, -0.25) is 4.79 Å². The summed E-state index contributed by atoms with van der Waals surface area (Å²) < 4.78 is 0. The minimum absolute atomic E-state index is 0.0347. The van der Waals surface area contributed by atoms with Crippen LogP contribution in [0.4, 0.5) is 0 Å². The van der Waals surface area contributed by atoms with Crippen LogP contribution in [0.3, 0.4) is 0 Å². The quantitative estimate of drug-likeness (QED) is 0.511. The highest BCUT2D eigenvalue weighted by atomic mass is 35.5. The molecule has 0 aliphatic carbocycles. The highest BCUT2D eigenvalue weighted by molar-refractivity contribution is 6.32. The lowest BCUT2D eigenvalue weighted by Crippen LogP contribution is -1.93. The van der Waals surface area contributed by atoms with Crippen molar-refractivity contribution in [2.24, 2.45) is 0 Å². The maximum absolute atomic E-state index is 11.9. The normalized spacial score (nSPS) is 10.9. The second-order valence-corrected chi connectivity index (χ2v) is 4.84. The van der Waals surface area contributed by atoms with Crippen LogP contribution in [0, 0.1) is 6.92 Å². The number of carbonyl (C=O) groups is 1. The lowest BCUT2D eigenvalue weighted by atomic mass is 10.1. The van der Waals surface area contributed by atoms with Crippen LogP contribution in [0.2, 0.25) is 5.02 Å². The van der Waals surface area contributed by atoms with Crippen LogP contribution in [-0.4, -0.2) is 16.0 Å². The van der Waals surface area contributed by atoms with E-state index in [2.05, 4.69) is 0 Å². The maximum atomic E-state index is 11.9. The van der Waals surface area contributed by atoms with E-state index in [1.807, 2.05) is 19.1 Å². The molecule has 102 valence electrons. The molecule has 2 rings (SSSR count). The first-order valence-electron chi connectivity index (χ1n) is 5.98. The Hall–Kier alpha value is -2.26. The number of benzene rings is 2. The van der Waals surface area contributed by atoms with Crippen molar-refractivity contribution >= 4 is 23.5 Å². The number of halogens is 1. The second-order valence-electron chi connectivity index (χ2n) is 4.43. The molecule has 0 saturated carbocycles. The largest absolute Gasteiger partial charge is 0.504 e. The Morgan fingerprint density at radius 1 is 1.15 bits per heavy atom. The first-order valence-corrected chi connectivity index (χ1v) is 6.36. The summed E-state index contributed by atoms with van der Waals surface area (Å²) >= 11 is 5.74. The number of aromatic hydroxyl groups is 2. The minimum atomic E-state index is -0.367. The van der Waals surface area contributed by atoms with E-state index in [1.54, 1.807) is 12.1 Å². The van der Waals surface area contributed by atoms with Gasteiger partial charge in [-0.1, -0.05) is 47.5 Å². The summed E-state index contributed by atoms with van der Waals surface area (Å²) in [7, 11) is 0. The maximum Gasteiger partial charge on any atom is 0.185 e. The van der Waals surface area contributed by atoms with E-state index >= 15 is 0 Å². The fourth-order valence-corrected chi connectivity index (χ4v) is 1.91. The lowest BCUT2D eigenvalue weighted by molar-refractivity contribution is 0.104. The van der Waals surface area contributed by atoms with Crippen LogP contribution in [0.1, 0.15) is 21.5 Å². The summed E-state index contributed by atoms with van der Waals surface area (Å²) in [5.41, 5.74) is 2.20. The molecule has 0 heterocycles. The van der Waals surface area contributed by atoms with Gasteiger partial charge in [-0.05, 0) is 30.7 Å². The number of phenols is 2. The van der Waals surface area contributed by atoms with Gasteiger partial charge in [0, 0.05) is 5.56 Å². The SMILES string of the molecule is Cc1ccc(C(=O)C=Cc2cc(O)c(O)c(Cl)c2)cc1. The van der Waals surface area contributed by atoms with Gasteiger partial charge in [0.25, 0.3) is 0 Å². The number of aryl methyl sites for hydroxylation is 1. The molecule has 2 aromatic rings. The lowest BCUT2D eigenvalue weighted by Gasteiger charge is -2.02. The first-order chi connectivity index (χ1) is 9.47. The van der Waals surface area contributed by atoms with Crippen LogP contribution in [0.15, 0.2) is 42.5 Å². The van der Waals surface area contributed by atoms with Gasteiger partial charge in [-0.25, -0.2) is 0 Å². The van der Waals surface area contributed by atoms with Crippen LogP contribution in [0.25, 0.3) is 6.08 Å². The number of carbonyl (C=O) groups excluding carboxylic acids is 1. The number of phenolic OH excluding ortho intramolecular Hbond substituents is 2. The summed E-state index contributed by atoms with van der Waals surface area (Å²) in [6.07, 6.45) is 2.93. The molecular weight excluding hydrogens is 276 g/mol. The zero-order valence-electron chi connectivity index (χ0n) is 10.8. The fraction of sp³-hybridized carbons (Fsp3) is 0.0625. The number of hydrogen-bond donors (Lipinski definition) is 2. The predicted molar refractivity (Wildman–Crippen MR) is 79.3 cm³/mol. The van der Waals surface area contributed by atoms with E-state index < -0.39 is 0 Å². The van der Waals surface area contributed by atoms with Gasteiger partial charge in [0.05, 0.1) is 5.02 Å². The van der Waals surface area contributed by atoms with Gasteiger partial charge in [0.2, 0.25) is 0 Å². The van der Waals surface area contributed by atoms with Crippen LogP contribution >= 0.6 is 11.6 Å². The average Bonchev–Trinajstić information content (AvgIpc) is 2.42. The van der Waals surface area contributed by atoms with Gasteiger partial charge in [0.1, 0.15) is 0 Å². The van der Waals surface area contributed by atoms with E-state index in [-0.39, 0.29) is 22.3 Å². The third kappa shape index (κ3) is 3.19. The Bertz CT molecular complexity index is 650. The molecule has 0 saturated heterocycles. The third-order valence-corrected chi connectivity index (χ3v) is 3.12. The predicted octanol–water partition coefficient (Wildman–Crippen LogP) is 3.96. The molecule has 2 N–H and O–H groups in total. The van der Waals surface area contributed by atoms with E-state index in [0.29, 0.717) is 11.1 Å². The average molecular weight is 289 g/mol. The third-order valence-electron chi connectivity index (χ3n) is 2.83. The summed E-state index contributed by atoms with van der Waals surface area (Å²) in [5, 5.41) is 18.8. The van der Waals surface area contributed by atoms with Crippen molar-refractivity contribution in [1.29, 1.82) is 0 Å². The molecule has 0 amide bonds. The first kappa shape index (κ1) is 14.2. The van der Waals surface area contributed by atoms with E-state index in [4.69, 9.17) is 11.6 Å². The van der Waals surface area contributed by atoms with Gasteiger partial charge < -0.3 is 10.2 Å². The molecule has 0 spiro atoms. The van der Waals surface area contributed by atoms with Crippen molar-refractivity contribution in [3.8, 4) is 11.5 Å². The number of allylic oxidation sites excluding steroid dienone is 1. The van der Waals surface area contributed by atoms with Gasteiger partial charge in [-0.15, -0.1) is 0 Å². The molecule has 4 heteroatoms. The van der Waals surface area contributed by atoms with Crippen molar-refractivity contribution < 1.29 is 15.0 Å². The van der Waals surface area contributed by atoms with Crippen molar-refractivity contribution in [2.75, 3.05) is 0 Å². The Morgan fingerprint density at radius 3 is 2.40 bits per heavy atom. The van der Waals surface area contributed by atoms with Gasteiger partial charge in [-0.2, -0.15) is 0 Å². The standard InChI is InChI=1S/C16H13ClO3/c1-10-2-5-12(6-3-10)14(18)7-4-11-8-13(17)16(20)15(19)9-11/h2-9,19-20H,1H3. The van der Waals surface area contributed by atoms with Crippen molar-refractivity contribution in [3.63, 3.8) is 0 Å². The Balaban J connectivity index is 2.21. The molecule has 20 heavy (non-hydrogen) atoms. The molecule has 2 aromatic carbocycles. The van der Waals surface area contributed by atoms with Crippen LogP contribution in [-0.2, 0) is 0 Å². The molecule has 3 nitrogen and oxygen atoms in total. The topological polar surface area (TPSA) is 57.5 Å². The molecule has 0 aliphatic rings. The van der Waals surface area contributed by atoms with Crippen LogP contribution < -0.4 is 0 Å². The Labute approximate surface area is 121 Å². The van der Waals surface area contributed by atoms with Crippen LogP contribution in [0.5, 0.6) is 11.5 Å². The molecular formula is C16H13ClO3. The Kier molecular flexibility index (Phi) is 4.11. The van der Waals surface area contributed by atoms with E-state index in [0.717, 1.165) is 5.56 Å². The smallest absolute Gasteiger partial charge is 0.185 e. The highest BCUT2D eigenvalue weighted by Crippen LogP contribution is 2.34. The monoisotopic (exact) mass is 288 g/mol. The number of hydrogen-bond acceptors (Lipinski definition) is 3. The number of ketones is 1. The molecule has 0 radical (unpaired) electrons. The fourth-order valence-electron chi connectivity index (χ4n) is 1.69. The highest BCUT2D eigenvalue weighted by Gasteiger charge is 2.06.